The van der Waals surface area contributed by atoms with Crippen LogP contribution in [0, 0.1) is 17.2 Å². The number of hydrogen-bond donors (Lipinski definition) is 0. The summed E-state index contributed by atoms with van der Waals surface area (Å²) in [4.78, 5) is 17.1. The molecule has 154 valence electrons. The van der Waals surface area contributed by atoms with Crippen molar-refractivity contribution in [3.05, 3.63) is 53.3 Å². The molecule has 0 spiro atoms. The molecule has 1 fully saturated rings. The fourth-order valence-electron chi connectivity index (χ4n) is 4.09. The summed E-state index contributed by atoms with van der Waals surface area (Å²) in [5.41, 5.74) is 2.40. The fourth-order valence-corrected chi connectivity index (χ4v) is 4.09. The Kier molecular flexibility index (Phi) is 6.95. The molecule has 2 heterocycles. The van der Waals surface area contributed by atoms with Crippen molar-refractivity contribution in [2.45, 2.75) is 19.3 Å². The number of benzene rings is 1. The predicted octanol–water partition coefficient (Wildman–Crippen LogP) is 2.93. The number of methoxy groups -OCH3 is 1. The molecular formula is C23H30N4O2. The lowest BCUT2D eigenvalue weighted by molar-refractivity contribution is 0.0721. The van der Waals surface area contributed by atoms with Crippen molar-refractivity contribution in [1.82, 2.24) is 14.4 Å². The smallest absolute Gasteiger partial charge is 0.270 e. The average molecular weight is 395 g/mol. The van der Waals surface area contributed by atoms with E-state index in [9.17, 15) is 4.79 Å². The van der Waals surface area contributed by atoms with E-state index in [0.29, 0.717) is 17.2 Å². The molecule has 6 heteroatoms. The van der Waals surface area contributed by atoms with E-state index in [1.54, 1.807) is 28.8 Å². The minimum Gasteiger partial charge on any atom is -0.497 e. The first-order valence-corrected chi connectivity index (χ1v) is 10.2. The van der Waals surface area contributed by atoms with E-state index in [1.807, 2.05) is 26.2 Å². The second-order valence-electron chi connectivity index (χ2n) is 7.93. The highest BCUT2D eigenvalue weighted by molar-refractivity contribution is 5.93. The van der Waals surface area contributed by atoms with E-state index in [-0.39, 0.29) is 5.91 Å². The van der Waals surface area contributed by atoms with Gasteiger partial charge in [0, 0.05) is 39.9 Å². The van der Waals surface area contributed by atoms with Crippen molar-refractivity contribution >= 4 is 5.91 Å². The molecule has 0 saturated carbocycles. The molecule has 29 heavy (non-hydrogen) atoms. The summed E-state index contributed by atoms with van der Waals surface area (Å²) in [5.74, 6) is 1.34. The molecule has 0 unspecified atom stereocenters. The molecule has 1 aromatic carbocycles. The van der Waals surface area contributed by atoms with E-state index < -0.39 is 0 Å². The van der Waals surface area contributed by atoms with Crippen LogP contribution in [0.5, 0.6) is 5.75 Å². The topological polar surface area (TPSA) is 61.5 Å². The Morgan fingerprint density at radius 2 is 2.10 bits per heavy atom. The molecule has 0 bridgehead atoms. The second kappa shape index (κ2) is 9.62. The maximum Gasteiger partial charge on any atom is 0.270 e. The maximum atomic E-state index is 12.8. The molecule has 0 N–H and O–H groups in total. The van der Waals surface area contributed by atoms with Crippen LogP contribution in [0.15, 0.2) is 36.5 Å². The van der Waals surface area contributed by atoms with E-state index in [4.69, 9.17) is 10.00 Å². The number of nitrogens with zero attached hydrogens (tertiary/aromatic N) is 4. The SMILES string of the molecule is COc1ccc(CCN2CCC[C@@H](CN(C)C(=O)c3cc(C#N)cn3C)C2)cc1. The highest BCUT2D eigenvalue weighted by Gasteiger charge is 2.24. The summed E-state index contributed by atoms with van der Waals surface area (Å²) in [6.07, 6.45) is 5.03. The molecule has 1 atom stereocenters. The summed E-state index contributed by atoms with van der Waals surface area (Å²) in [6, 6.07) is 12.0. The molecule has 0 aliphatic carbocycles. The summed E-state index contributed by atoms with van der Waals surface area (Å²) in [6.45, 7) is 3.91. The minimum atomic E-state index is -0.0237. The first kappa shape index (κ1) is 20.9. The standard InChI is InChI=1S/C23H30N4O2/c1-25-16-20(14-24)13-22(25)23(28)26(2)15-19-5-4-11-27(17-19)12-10-18-6-8-21(29-3)9-7-18/h6-9,13,16,19H,4-5,10-12,15,17H2,1-3H3/t19-/m0/s1. The fraction of sp³-hybridized carbons (Fsp3) is 0.478. The average Bonchev–Trinajstić information content (AvgIpc) is 3.13. The van der Waals surface area contributed by atoms with Gasteiger partial charge in [0.25, 0.3) is 5.91 Å². The van der Waals surface area contributed by atoms with Crippen molar-refractivity contribution in [3.63, 3.8) is 0 Å². The third kappa shape index (κ3) is 5.39. The van der Waals surface area contributed by atoms with Crippen molar-refractivity contribution < 1.29 is 9.53 Å². The highest BCUT2D eigenvalue weighted by Crippen LogP contribution is 2.20. The quantitative estimate of drug-likeness (QED) is 0.724. The molecule has 0 radical (unpaired) electrons. The number of hydrogen-bond acceptors (Lipinski definition) is 4. The van der Waals surface area contributed by atoms with Crippen molar-refractivity contribution in [2.24, 2.45) is 13.0 Å². The van der Waals surface area contributed by atoms with Gasteiger partial charge in [0.05, 0.1) is 12.7 Å². The Hall–Kier alpha value is -2.78. The number of amides is 1. The Bertz CT molecular complexity index is 866. The molecule has 1 aromatic heterocycles. The van der Waals surface area contributed by atoms with Crippen LogP contribution in [0.3, 0.4) is 0 Å². The molecular weight excluding hydrogens is 364 g/mol. The Morgan fingerprint density at radius 3 is 2.76 bits per heavy atom. The monoisotopic (exact) mass is 394 g/mol. The van der Waals surface area contributed by atoms with Crippen LogP contribution in [-0.4, -0.2) is 60.6 Å². The maximum absolute atomic E-state index is 12.8. The second-order valence-corrected chi connectivity index (χ2v) is 7.93. The molecule has 1 saturated heterocycles. The summed E-state index contributed by atoms with van der Waals surface area (Å²) in [5, 5.41) is 9.05. The van der Waals surface area contributed by atoms with Gasteiger partial charge in [-0.25, -0.2) is 0 Å². The lowest BCUT2D eigenvalue weighted by Crippen LogP contribution is -2.42. The summed E-state index contributed by atoms with van der Waals surface area (Å²) < 4.78 is 6.96. The normalized spacial score (nSPS) is 17.0. The third-order valence-electron chi connectivity index (χ3n) is 5.71. The van der Waals surface area contributed by atoms with Crippen LogP contribution >= 0.6 is 0 Å². The zero-order valence-electron chi connectivity index (χ0n) is 17.6. The number of nitriles is 1. The number of rotatable bonds is 7. The first-order valence-electron chi connectivity index (χ1n) is 10.2. The van der Waals surface area contributed by atoms with Crippen LogP contribution in [-0.2, 0) is 13.5 Å². The van der Waals surface area contributed by atoms with Gasteiger partial charge in [0.2, 0.25) is 0 Å². The molecule has 1 aliphatic rings. The molecule has 3 rings (SSSR count). The number of ether oxygens (including phenoxy) is 1. The Morgan fingerprint density at radius 1 is 1.34 bits per heavy atom. The van der Waals surface area contributed by atoms with Gasteiger partial charge in [-0.3, -0.25) is 4.79 Å². The predicted molar refractivity (Wildman–Crippen MR) is 113 cm³/mol. The van der Waals surface area contributed by atoms with Crippen LogP contribution in [0.4, 0.5) is 0 Å². The van der Waals surface area contributed by atoms with Gasteiger partial charge in [0.1, 0.15) is 17.5 Å². The van der Waals surface area contributed by atoms with Gasteiger partial charge in [-0.1, -0.05) is 12.1 Å². The van der Waals surface area contributed by atoms with E-state index in [2.05, 4.69) is 23.1 Å². The van der Waals surface area contributed by atoms with E-state index in [1.165, 1.54) is 5.56 Å². The van der Waals surface area contributed by atoms with Crippen LogP contribution in [0.2, 0.25) is 0 Å². The Balaban J connectivity index is 1.51. The van der Waals surface area contributed by atoms with Gasteiger partial charge in [-0.05, 0) is 55.5 Å². The van der Waals surface area contributed by atoms with Crippen LogP contribution < -0.4 is 4.74 Å². The van der Waals surface area contributed by atoms with Gasteiger partial charge in [-0.2, -0.15) is 5.26 Å². The number of aryl methyl sites for hydroxylation is 1. The Labute approximate surface area is 173 Å². The number of carbonyl (C=O) groups excluding carboxylic acids is 1. The molecule has 1 aliphatic heterocycles. The zero-order chi connectivity index (χ0) is 20.8. The highest BCUT2D eigenvalue weighted by atomic mass is 16.5. The first-order chi connectivity index (χ1) is 14.0. The van der Waals surface area contributed by atoms with Gasteiger partial charge < -0.3 is 19.1 Å². The molecule has 6 nitrogen and oxygen atoms in total. The van der Waals surface area contributed by atoms with Gasteiger partial charge in [-0.15, -0.1) is 0 Å². The summed E-state index contributed by atoms with van der Waals surface area (Å²) in [7, 11) is 5.35. The van der Waals surface area contributed by atoms with Crippen LogP contribution in [0.1, 0.15) is 34.5 Å². The summed E-state index contributed by atoms with van der Waals surface area (Å²) >= 11 is 0. The van der Waals surface area contributed by atoms with Crippen molar-refractivity contribution in [2.75, 3.05) is 40.3 Å². The number of likely N-dealkylation sites (tertiary alicyclic amines) is 1. The van der Waals surface area contributed by atoms with Crippen molar-refractivity contribution in [1.29, 1.82) is 5.26 Å². The van der Waals surface area contributed by atoms with E-state index in [0.717, 1.165) is 51.2 Å². The molecule has 1 amide bonds. The minimum absolute atomic E-state index is 0.0237. The zero-order valence-corrected chi connectivity index (χ0v) is 17.6. The lowest BCUT2D eigenvalue weighted by Gasteiger charge is -2.34. The number of piperidine rings is 1. The van der Waals surface area contributed by atoms with Gasteiger partial charge >= 0.3 is 0 Å². The van der Waals surface area contributed by atoms with E-state index >= 15 is 0 Å². The third-order valence-corrected chi connectivity index (χ3v) is 5.71. The van der Waals surface area contributed by atoms with Crippen LogP contribution in [0.25, 0.3) is 0 Å². The largest absolute Gasteiger partial charge is 0.497 e. The number of carbonyl (C=O) groups is 1. The van der Waals surface area contributed by atoms with Crippen molar-refractivity contribution in [3.8, 4) is 11.8 Å². The number of aromatic nitrogens is 1. The molecule has 2 aromatic rings. The lowest BCUT2D eigenvalue weighted by atomic mass is 9.97. The van der Waals surface area contributed by atoms with Gasteiger partial charge in [0.15, 0.2) is 0 Å².